The summed E-state index contributed by atoms with van der Waals surface area (Å²) in [5.41, 5.74) is 0. The normalized spacial score (nSPS) is 27.2. The average Bonchev–Trinajstić information content (AvgIpc) is 2.54. The van der Waals surface area contributed by atoms with Crippen molar-refractivity contribution in [2.75, 3.05) is 6.54 Å². The van der Waals surface area contributed by atoms with Gasteiger partial charge in [-0.25, -0.2) is 0 Å². The lowest BCUT2D eigenvalue weighted by Crippen LogP contribution is -2.42. The van der Waals surface area contributed by atoms with Gasteiger partial charge in [0.1, 0.15) is 0 Å². The Labute approximate surface area is 139 Å². The Hall–Kier alpha value is -1.10. The van der Waals surface area contributed by atoms with E-state index in [4.69, 9.17) is 0 Å². The molecular formula is C18H32N2O3. The molecule has 1 unspecified atom stereocenters. The molecule has 0 aliphatic heterocycles. The third kappa shape index (κ3) is 6.50. The Morgan fingerprint density at radius 1 is 1.04 bits per heavy atom. The zero-order chi connectivity index (χ0) is 16.7. The van der Waals surface area contributed by atoms with Crippen molar-refractivity contribution in [2.45, 2.75) is 83.3 Å². The van der Waals surface area contributed by atoms with Crippen LogP contribution in [0, 0.1) is 11.8 Å². The van der Waals surface area contributed by atoms with Crippen LogP contribution in [-0.4, -0.2) is 35.6 Å². The number of aliphatic hydroxyl groups is 1. The van der Waals surface area contributed by atoms with Gasteiger partial charge < -0.3 is 15.7 Å². The first kappa shape index (κ1) is 18.2. The number of nitrogens with one attached hydrogen (secondary N) is 2. The van der Waals surface area contributed by atoms with E-state index in [1.165, 1.54) is 32.1 Å². The molecule has 0 spiro atoms. The lowest BCUT2D eigenvalue weighted by atomic mass is 9.84. The molecule has 2 fully saturated rings. The third-order valence-electron chi connectivity index (χ3n) is 5.23. The molecule has 0 saturated heterocycles. The molecule has 0 heterocycles. The van der Waals surface area contributed by atoms with Gasteiger partial charge in [0, 0.05) is 24.9 Å². The van der Waals surface area contributed by atoms with Gasteiger partial charge in [0.05, 0.1) is 6.10 Å². The van der Waals surface area contributed by atoms with Crippen LogP contribution in [0.15, 0.2) is 0 Å². The van der Waals surface area contributed by atoms with Gasteiger partial charge in [0.2, 0.25) is 11.8 Å². The molecule has 0 aromatic carbocycles. The largest absolute Gasteiger partial charge is 0.392 e. The van der Waals surface area contributed by atoms with Crippen molar-refractivity contribution in [1.29, 1.82) is 0 Å². The maximum atomic E-state index is 12.2. The molecule has 0 radical (unpaired) electrons. The van der Waals surface area contributed by atoms with Crippen LogP contribution in [-0.2, 0) is 9.59 Å². The van der Waals surface area contributed by atoms with E-state index in [1.54, 1.807) is 6.92 Å². The molecule has 0 aromatic heterocycles. The predicted molar refractivity (Wildman–Crippen MR) is 89.8 cm³/mol. The average molecular weight is 324 g/mol. The number of carbonyl (C=O) groups is 2. The van der Waals surface area contributed by atoms with Crippen molar-refractivity contribution in [1.82, 2.24) is 10.6 Å². The van der Waals surface area contributed by atoms with Gasteiger partial charge in [-0.2, -0.15) is 0 Å². The van der Waals surface area contributed by atoms with Crippen LogP contribution in [0.2, 0.25) is 0 Å². The second-order valence-electron chi connectivity index (χ2n) is 7.42. The molecular weight excluding hydrogens is 292 g/mol. The fourth-order valence-corrected chi connectivity index (χ4v) is 3.83. The highest BCUT2D eigenvalue weighted by Crippen LogP contribution is 2.27. The molecule has 5 heteroatoms. The number of hydrogen-bond donors (Lipinski definition) is 3. The van der Waals surface area contributed by atoms with Gasteiger partial charge >= 0.3 is 0 Å². The Balaban J connectivity index is 1.63. The Kier molecular flexibility index (Phi) is 7.34. The fourth-order valence-electron chi connectivity index (χ4n) is 3.83. The smallest absolute Gasteiger partial charge is 0.223 e. The first-order valence-corrected chi connectivity index (χ1v) is 9.29. The monoisotopic (exact) mass is 324 g/mol. The minimum atomic E-state index is -0.505. The molecule has 23 heavy (non-hydrogen) atoms. The summed E-state index contributed by atoms with van der Waals surface area (Å²) in [4.78, 5) is 24.1. The predicted octanol–water partition coefficient (Wildman–Crippen LogP) is 2.13. The molecule has 2 aliphatic rings. The second-order valence-corrected chi connectivity index (χ2v) is 7.42. The van der Waals surface area contributed by atoms with Gasteiger partial charge in [0.15, 0.2) is 0 Å². The van der Waals surface area contributed by atoms with Crippen molar-refractivity contribution in [3.05, 3.63) is 0 Å². The molecule has 2 rings (SSSR count). The summed E-state index contributed by atoms with van der Waals surface area (Å²) in [6.45, 7) is 1.98. The molecule has 0 bridgehead atoms. The summed E-state index contributed by atoms with van der Waals surface area (Å²) >= 11 is 0. The molecule has 2 amide bonds. The Morgan fingerprint density at radius 2 is 1.70 bits per heavy atom. The molecule has 132 valence electrons. The van der Waals surface area contributed by atoms with E-state index >= 15 is 0 Å². The molecule has 1 atom stereocenters. The third-order valence-corrected chi connectivity index (χ3v) is 5.23. The van der Waals surface area contributed by atoms with Crippen LogP contribution in [0.5, 0.6) is 0 Å². The van der Waals surface area contributed by atoms with Gasteiger partial charge in [-0.3, -0.25) is 9.59 Å². The number of amides is 2. The van der Waals surface area contributed by atoms with Crippen LogP contribution in [0.25, 0.3) is 0 Å². The second kappa shape index (κ2) is 9.26. The Morgan fingerprint density at radius 3 is 2.30 bits per heavy atom. The zero-order valence-electron chi connectivity index (χ0n) is 14.4. The van der Waals surface area contributed by atoms with Crippen LogP contribution in [0.3, 0.4) is 0 Å². The number of carbonyl (C=O) groups excluding carboxylic acids is 2. The van der Waals surface area contributed by atoms with Crippen molar-refractivity contribution in [3.63, 3.8) is 0 Å². The molecule has 0 aromatic rings. The van der Waals surface area contributed by atoms with E-state index in [-0.39, 0.29) is 23.8 Å². The lowest BCUT2D eigenvalue weighted by Gasteiger charge is -2.29. The lowest BCUT2D eigenvalue weighted by molar-refractivity contribution is -0.126. The minimum Gasteiger partial charge on any atom is -0.392 e. The number of hydrogen-bond acceptors (Lipinski definition) is 3. The van der Waals surface area contributed by atoms with Crippen LogP contribution in [0.4, 0.5) is 0 Å². The van der Waals surface area contributed by atoms with Gasteiger partial charge in [0.25, 0.3) is 0 Å². The minimum absolute atomic E-state index is 0.0280. The summed E-state index contributed by atoms with van der Waals surface area (Å²) in [5, 5.41) is 15.2. The molecule has 5 nitrogen and oxygen atoms in total. The maximum Gasteiger partial charge on any atom is 0.223 e. The zero-order valence-corrected chi connectivity index (χ0v) is 14.4. The summed E-state index contributed by atoms with van der Waals surface area (Å²) in [6, 6.07) is 0.229. The highest BCUT2D eigenvalue weighted by atomic mass is 16.3. The van der Waals surface area contributed by atoms with Crippen molar-refractivity contribution >= 4 is 11.8 Å². The topological polar surface area (TPSA) is 78.4 Å². The van der Waals surface area contributed by atoms with Crippen molar-refractivity contribution < 1.29 is 14.7 Å². The summed E-state index contributed by atoms with van der Waals surface area (Å²) in [7, 11) is 0. The van der Waals surface area contributed by atoms with E-state index in [1.807, 2.05) is 0 Å². The summed E-state index contributed by atoms with van der Waals surface area (Å²) in [5.74, 6) is 0.836. The quantitative estimate of drug-likeness (QED) is 0.700. The van der Waals surface area contributed by atoms with E-state index in [2.05, 4.69) is 10.6 Å². The van der Waals surface area contributed by atoms with E-state index < -0.39 is 6.10 Å². The first-order chi connectivity index (χ1) is 11.0. The standard InChI is InChI=1S/C18H32N2O3/c1-13(21)12-19-18(23)15-7-9-16(10-8-15)20-17(22)11-14-5-3-2-4-6-14/h13-16,21H,2-12H2,1H3,(H,19,23)(H,20,22). The van der Waals surface area contributed by atoms with Gasteiger partial charge in [-0.05, 0) is 51.4 Å². The molecule has 2 aliphatic carbocycles. The fraction of sp³-hybridized carbons (Fsp3) is 0.889. The first-order valence-electron chi connectivity index (χ1n) is 9.29. The van der Waals surface area contributed by atoms with Crippen LogP contribution < -0.4 is 10.6 Å². The number of aliphatic hydroxyl groups excluding tert-OH is 1. The van der Waals surface area contributed by atoms with Crippen LogP contribution in [0.1, 0.15) is 71.1 Å². The maximum absolute atomic E-state index is 12.2. The number of rotatable bonds is 6. The SMILES string of the molecule is CC(O)CNC(=O)C1CCC(NC(=O)CC2CCCCC2)CC1. The highest BCUT2D eigenvalue weighted by molar-refractivity contribution is 5.79. The van der Waals surface area contributed by atoms with Gasteiger partial charge in [-0.1, -0.05) is 19.3 Å². The van der Waals surface area contributed by atoms with Crippen LogP contribution >= 0.6 is 0 Å². The molecule has 2 saturated carbocycles. The highest BCUT2D eigenvalue weighted by Gasteiger charge is 2.27. The summed E-state index contributed by atoms with van der Waals surface area (Å²) in [6.07, 6.45) is 9.82. The summed E-state index contributed by atoms with van der Waals surface area (Å²) < 4.78 is 0. The Bertz CT molecular complexity index is 384. The van der Waals surface area contributed by atoms with E-state index in [9.17, 15) is 14.7 Å². The van der Waals surface area contributed by atoms with E-state index in [0.717, 1.165) is 25.7 Å². The van der Waals surface area contributed by atoms with Crippen molar-refractivity contribution in [3.8, 4) is 0 Å². The van der Waals surface area contributed by atoms with Crippen molar-refractivity contribution in [2.24, 2.45) is 11.8 Å². The molecule has 3 N–H and O–H groups in total. The van der Waals surface area contributed by atoms with E-state index in [0.29, 0.717) is 18.9 Å². The van der Waals surface area contributed by atoms with Gasteiger partial charge in [-0.15, -0.1) is 0 Å².